The van der Waals surface area contributed by atoms with Gasteiger partial charge in [0, 0.05) is 5.75 Å². The van der Waals surface area contributed by atoms with E-state index in [-0.39, 0.29) is 11.5 Å². The minimum Gasteiger partial charge on any atom is -0.393 e. The van der Waals surface area contributed by atoms with Crippen LogP contribution in [0.15, 0.2) is 24.3 Å². The number of hydrogen-bond acceptors (Lipinski definition) is 3. The van der Waals surface area contributed by atoms with Crippen LogP contribution in [0.4, 0.5) is 0 Å². The maximum atomic E-state index is 11.3. The van der Waals surface area contributed by atoms with Gasteiger partial charge in [-0.3, -0.25) is 0 Å². The van der Waals surface area contributed by atoms with Crippen LogP contribution in [0.25, 0.3) is 0 Å². The zero-order valence-electron chi connectivity index (χ0n) is 11.8. The maximum absolute atomic E-state index is 11.3. The van der Waals surface area contributed by atoms with Crippen LogP contribution in [0.1, 0.15) is 37.3 Å². The lowest BCUT2D eigenvalue weighted by molar-refractivity contribution is 0.154. The number of hydrogen-bond donors (Lipinski definition) is 1. The molecule has 0 aliphatic rings. The Morgan fingerprint density at radius 2 is 1.89 bits per heavy atom. The fourth-order valence-corrected chi connectivity index (χ4v) is 2.94. The quantitative estimate of drug-likeness (QED) is 0.798. The molecule has 0 fully saturated rings. The van der Waals surface area contributed by atoms with Crippen LogP contribution in [0.5, 0.6) is 0 Å². The first-order valence-electron chi connectivity index (χ1n) is 6.87. The van der Waals surface area contributed by atoms with E-state index in [0.29, 0.717) is 19.3 Å². The van der Waals surface area contributed by atoms with E-state index in [1.165, 1.54) is 11.1 Å². The highest BCUT2D eigenvalue weighted by atomic mass is 32.2. The second kappa shape index (κ2) is 7.65. The number of benzene rings is 1. The second-order valence-corrected chi connectivity index (χ2v) is 7.47. The number of aliphatic hydroxyl groups excluding tert-OH is 1. The minimum atomic E-state index is -2.90. The first-order chi connectivity index (χ1) is 8.94. The largest absolute Gasteiger partial charge is 0.393 e. The monoisotopic (exact) mass is 284 g/mol. The van der Waals surface area contributed by atoms with Gasteiger partial charge in [-0.05, 0) is 43.7 Å². The van der Waals surface area contributed by atoms with Crippen molar-refractivity contribution in [1.29, 1.82) is 0 Å². The molecule has 1 aromatic rings. The summed E-state index contributed by atoms with van der Waals surface area (Å²) in [4.78, 5) is 0. The summed E-state index contributed by atoms with van der Waals surface area (Å²) >= 11 is 0. The van der Waals surface area contributed by atoms with Crippen molar-refractivity contribution >= 4 is 9.84 Å². The highest BCUT2D eigenvalue weighted by molar-refractivity contribution is 7.91. The third-order valence-electron chi connectivity index (χ3n) is 3.44. The summed E-state index contributed by atoms with van der Waals surface area (Å²) in [5.74, 6) is 0.372. The zero-order valence-corrected chi connectivity index (χ0v) is 12.6. The Morgan fingerprint density at radius 3 is 2.53 bits per heavy atom. The molecular weight excluding hydrogens is 260 g/mol. The highest BCUT2D eigenvalue weighted by Crippen LogP contribution is 2.13. The van der Waals surface area contributed by atoms with Crippen molar-refractivity contribution < 1.29 is 13.5 Å². The molecule has 1 rings (SSSR count). The molecule has 1 unspecified atom stereocenters. The predicted molar refractivity (Wildman–Crippen MR) is 79.1 cm³/mol. The molecule has 3 nitrogen and oxygen atoms in total. The molecule has 0 spiro atoms. The fourth-order valence-electron chi connectivity index (χ4n) is 2.04. The van der Waals surface area contributed by atoms with Gasteiger partial charge in [0.05, 0.1) is 11.9 Å². The summed E-state index contributed by atoms with van der Waals surface area (Å²) in [6.45, 7) is 3.72. The van der Waals surface area contributed by atoms with Gasteiger partial charge in [-0.1, -0.05) is 31.2 Å². The molecule has 0 bridgehead atoms. The van der Waals surface area contributed by atoms with Crippen molar-refractivity contribution in [3.05, 3.63) is 35.4 Å². The zero-order chi connectivity index (χ0) is 14.3. The Bertz CT molecular complexity index is 480. The Morgan fingerprint density at radius 1 is 1.21 bits per heavy atom. The molecule has 0 radical (unpaired) electrons. The van der Waals surface area contributed by atoms with Crippen LogP contribution in [0, 0.1) is 6.92 Å². The first-order valence-corrected chi connectivity index (χ1v) is 8.69. The van der Waals surface area contributed by atoms with Crippen molar-refractivity contribution in [3.63, 3.8) is 0 Å². The molecule has 1 aromatic carbocycles. The average Bonchev–Trinajstić information content (AvgIpc) is 2.37. The summed E-state index contributed by atoms with van der Waals surface area (Å²) in [7, 11) is -2.90. The lowest BCUT2D eigenvalue weighted by Gasteiger charge is -2.11. The van der Waals surface area contributed by atoms with Crippen LogP contribution in [-0.2, 0) is 16.3 Å². The van der Waals surface area contributed by atoms with E-state index in [1.807, 2.05) is 12.1 Å². The SMILES string of the molecule is CCS(=O)(=O)CCCC(O)CCc1ccccc1C. The van der Waals surface area contributed by atoms with E-state index in [1.54, 1.807) is 6.92 Å². The van der Waals surface area contributed by atoms with Crippen molar-refractivity contribution in [3.8, 4) is 0 Å². The molecule has 0 aliphatic heterocycles. The Hall–Kier alpha value is -0.870. The van der Waals surface area contributed by atoms with E-state index < -0.39 is 15.9 Å². The van der Waals surface area contributed by atoms with Gasteiger partial charge in [0.1, 0.15) is 9.84 Å². The minimum absolute atomic E-state index is 0.185. The molecule has 1 N–H and O–H groups in total. The smallest absolute Gasteiger partial charge is 0.150 e. The Labute approximate surface area is 116 Å². The molecule has 0 saturated heterocycles. The summed E-state index contributed by atoms with van der Waals surface area (Å²) in [5.41, 5.74) is 2.49. The molecule has 19 heavy (non-hydrogen) atoms. The fraction of sp³-hybridized carbons (Fsp3) is 0.600. The second-order valence-electron chi connectivity index (χ2n) is 5.00. The van der Waals surface area contributed by atoms with Crippen LogP contribution < -0.4 is 0 Å². The molecular formula is C15H24O3S. The van der Waals surface area contributed by atoms with Crippen LogP contribution in [0.2, 0.25) is 0 Å². The third kappa shape index (κ3) is 6.21. The van der Waals surface area contributed by atoms with Crippen LogP contribution >= 0.6 is 0 Å². The van der Waals surface area contributed by atoms with Gasteiger partial charge in [-0.25, -0.2) is 8.42 Å². The maximum Gasteiger partial charge on any atom is 0.150 e. The number of rotatable bonds is 8. The summed E-state index contributed by atoms with van der Waals surface area (Å²) < 4.78 is 22.6. The lowest BCUT2D eigenvalue weighted by Crippen LogP contribution is -2.13. The molecule has 108 valence electrons. The van der Waals surface area contributed by atoms with Crippen molar-refractivity contribution in [2.45, 2.75) is 45.6 Å². The Balaban J connectivity index is 2.29. The van der Waals surface area contributed by atoms with Gasteiger partial charge in [-0.2, -0.15) is 0 Å². The molecule has 0 amide bonds. The highest BCUT2D eigenvalue weighted by Gasteiger charge is 2.10. The van der Waals surface area contributed by atoms with Gasteiger partial charge >= 0.3 is 0 Å². The number of sulfone groups is 1. The van der Waals surface area contributed by atoms with E-state index >= 15 is 0 Å². The molecule has 0 aliphatic carbocycles. The van der Waals surface area contributed by atoms with E-state index in [9.17, 15) is 13.5 Å². The van der Waals surface area contributed by atoms with Gasteiger partial charge in [-0.15, -0.1) is 0 Å². The molecule has 0 aromatic heterocycles. The Kier molecular flexibility index (Phi) is 6.52. The number of aryl methyl sites for hydroxylation is 2. The van der Waals surface area contributed by atoms with E-state index in [0.717, 1.165) is 6.42 Å². The van der Waals surface area contributed by atoms with Crippen LogP contribution in [0.3, 0.4) is 0 Å². The van der Waals surface area contributed by atoms with Crippen LogP contribution in [-0.4, -0.2) is 31.1 Å². The van der Waals surface area contributed by atoms with Gasteiger partial charge < -0.3 is 5.11 Å². The molecule has 0 heterocycles. The number of aliphatic hydroxyl groups is 1. The average molecular weight is 284 g/mol. The van der Waals surface area contributed by atoms with Gasteiger partial charge in [0.2, 0.25) is 0 Å². The van der Waals surface area contributed by atoms with E-state index in [4.69, 9.17) is 0 Å². The van der Waals surface area contributed by atoms with Crippen molar-refractivity contribution in [2.24, 2.45) is 0 Å². The van der Waals surface area contributed by atoms with Crippen molar-refractivity contribution in [2.75, 3.05) is 11.5 Å². The normalized spacial score (nSPS) is 13.4. The lowest BCUT2D eigenvalue weighted by atomic mass is 10.0. The molecule has 4 heteroatoms. The topological polar surface area (TPSA) is 54.4 Å². The molecule has 1 atom stereocenters. The predicted octanol–water partition coefficient (Wildman–Crippen LogP) is 2.50. The first kappa shape index (κ1) is 16.2. The van der Waals surface area contributed by atoms with Crippen molar-refractivity contribution in [1.82, 2.24) is 0 Å². The third-order valence-corrected chi connectivity index (χ3v) is 5.23. The van der Waals surface area contributed by atoms with Gasteiger partial charge in [0.15, 0.2) is 0 Å². The molecule has 0 saturated carbocycles. The summed E-state index contributed by atoms with van der Waals surface area (Å²) in [5, 5.41) is 9.88. The van der Waals surface area contributed by atoms with Gasteiger partial charge in [0.25, 0.3) is 0 Å². The standard InChI is InChI=1S/C15H24O3S/c1-3-19(17,18)12-6-9-15(16)11-10-14-8-5-4-7-13(14)2/h4-5,7-8,15-16H,3,6,9-12H2,1-2H3. The summed E-state index contributed by atoms with van der Waals surface area (Å²) in [6, 6.07) is 8.15. The summed E-state index contributed by atoms with van der Waals surface area (Å²) in [6.07, 6.45) is 2.23. The van der Waals surface area contributed by atoms with E-state index in [2.05, 4.69) is 19.1 Å².